The molecule has 1 unspecified atom stereocenters. The van der Waals surface area contributed by atoms with Crippen molar-refractivity contribution in [1.82, 2.24) is 15.6 Å². The number of pyridine rings is 1. The summed E-state index contributed by atoms with van der Waals surface area (Å²) < 4.78 is 12.6. The van der Waals surface area contributed by atoms with E-state index < -0.39 is 0 Å². The molecule has 4 heteroatoms. The van der Waals surface area contributed by atoms with Gasteiger partial charge in [0.15, 0.2) is 0 Å². The summed E-state index contributed by atoms with van der Waals surface area (Å²) in [5.74, 6) is -0.293. The fourth-order valence-corrected chi connectivity index (χ4v) is 1.27. The maximum absolute atomic E-state index is 12.6. The van der Waals surface area contributed by atoms with Crippen LogP contribution in [0.3, 0.4) is 0 Å². The van der Waals surface area contributed by atoms with Crippen molar-refractivity contribution in [2.75, 3.05) is 6.54 Å². The van der Waals surface area contributed by atoms with Crippen LogP contribution in [0, 0.1) is 5.82 Å². The number of nitrogens with zero attached hydrogens (tertiary/aromatic N) is 1. The Labute approximate surface area is 96.5 Å². The van der Waals surface area contributed by atoms with Gasteiger partial charge in [-0.05, 0) is 19.1 Å². The van der Waals surface area contributed by atoms with Gasteiger partial charge in [-0.1, -0.05) is 13.8 Å². The molecule has 16 heavy (non-hydrogen) atoms. The molecular formula is C12H20FN3. The van der Waals surface area contributed by atoms with Crippen molar-refractivity contribution >= 4 is 0 Å². The molecule has 0 amide bonds. The molecule has 0 saturated heterocycles. The summed E-state index contributed by atoms with van der Waals surface area (Å²) in [4.78, 5) is 3.99. The highest BCUT2D eigenvalue weighted by Crippen LogP contribution is 1.98. The van der Waals surface area contributed by atoms with Gasteiger partial charge in [-0.25, -0.2) is 4.39 Å². The Morgan fingerprint density at radius 3 is 2.56 bits per heavy atom. The summed E-state index contributed by atoms with van der Waals surface area (Å²) in [6, 6.07) is 3.99. The second-order valence-corrected chi connectivity index (χ2v) is 4.31. The number of hydrogen-bond acceptors (Lipinski definition) is 3. The minimum absolute atomic E-state index is 0.293. The second kappa shape index (κ2) is 6.55. The first-order chi connectivity index (χ1) is 7.58. The first-order valence-corrected chi connectivity index (χ1v) is 5.65. The molecule has 0 saturated carbocycles. The van der Waals surface area contributed by atoms with Crippen LogP contribution in [0.15, 0.2) is 18.3 Å². The predicted molar refractivity (Wildman–Crippen MR) is 63.6 cm³/mol. The maximum Gasteiger partial charge on any atom is 0.141 e. The first-order valence-electron chi connectivity index (χ1n) is 5.65. The van der Waals surface area contributed by atoms with E-state index in [1.807, 2.05) is 0 Å². The molecule has 0 radical (unpaired) electrons. The molecule has 0 fully saturated rings. The maximum atomic E-state index is 12.6. The SMILES string of the molecule is CC(C)NCC(C)NCc1ccc(F)cn1. The normalized spacial score (nSPS) is 13.1. The number of hydrogen-bond donors (Lipinski definition) is 2. The Balaban J connectivity index is 2.26. The molecule has 0 bridgehead atoms. The summed E-state index contributed by atoms with van der Waals surface area (Å²) in [5.41, 5.74) is 0.859. The summed E-state index contributed by atoms with van der Waals surface area (Å²) in [7, 11) is 0. The number of nitrogens with one attached hydrogen (secondary N) is 2. The van der Waals surface area contributed by atoms with Crippen molar-refractivity contribution in [3.63, 3.8) is 0 Å². The van der Waals surface area contributed by atoms with E-state index in [-0.39, 0.29) is 5.82 Å². The van der Waals surface area contributed by atoms with E-state index in [0.29, 0.717) is 18.6 Å². The van der Waals surface area contributed by atoms with Gasteiger partial charge < -0.3 is 10.6 Å². The molecule has 1 aromatic heterocycles. The van der Waals surface area contributed by atoms with Crippen LogP contribution in [0.2, 0.25) is 0 Å². The molecule has 1 atom stereocenters. The predicted octanol–water partition coefficient (Wildman–Crippen LogP) is 1.70. The van der Waals surface area contributed by atoms with E-state index in [1.165, 1.54) is 12.3 Å². The first kappa shape index (κ1) is 13.1. The van der Waals surface area contributed by atoms with Crippen LogP contribution >= 0.6 is 0 Å². The molecule has 0 aromatic carbocycles. The van der Waals surface area contributed by atoms with Crippen molar-refractivity contribution in [3.8, 4) is 0 Å². The lowest BCUT2D eigenvalue weighted by molar-refractivity contribution is 0.471. The van der Waals surface area contributed by atoms with Crippen molar-refractivity contribution in [2.24, 2.45) is 0 Å². The van der Waals surface area contributed by atoms with Crippen LogP contribution < -0.4 is 10.6 Å². The van der Waals surface area contributed by atoms with Crippen molar-refractivity contribution < 1.29 is 4.39 Å². The quantitative estimate of drug-likeness (QED) is 0.773. The van der Waals surface area contributed by atoms with E-state index in [4.69, 9.17) is 0 Å². The smallest absolute Gasteiger partial charge is 0.141 e. The minimum Gasteiger partial charge on any atom is -0.313 e. The molecule has 0 spiro atoms. The highest BCUT2D eigenvalue weighted by molar-refractivity contribution is 5.04. The van der Waals surface area contributed by atoms with E-state index in [9.17, 15) is 4.39 Å². The van der Waals surface area contributed by atoms with Crippen LogP contribution in [0.25, 0.3) is 0 Å². The zero-order chi connectivity index (χ0) is 12.0. The molecule has 1 heterocycles. The number of aromatic nitrogens is 1. The molecule has 0 aliphatic carbocycles. The minimum atomic E-state index is -0.293. The van der Waals surface area contributed by atoms with Crippen molar-refractivity contribution in [2.45, 2.75) is 39.4 Å². The van der Waals surface area contributed by atoms with Gasteiger partial charge in [-0.3, -0.25) is 4.98 Å². The van der Waals surface area contributed by atoms with Gasteiger partial charge in [-0.15, -0.1) is 0 Å². The summed E-state index contributed by atoms with van der Waals surface area (Å²) in [6.07, 6.45) is 1.24. The third-order valence-electron chi connectivity index (χ3n) is 2.25. The summed E-state index contributed by atoms with van der Waals surface area (Å²) in [6.45, 7) is 7.93. The Bertz CT molecular complexity index is 298. The zero-order valence-corrected chi connectivity index (χ0v) is 10.1. The van der Waals surface area contributed by atoms with Crippen LogP contribution in [0.4, 0.5) is 4.39 Å². The van der Waals surface area contributed by atoms with Gasteiger partial charge in [-0.2, -0.15) is 0 Å². The van der Waals surface area contributed by atoms with E-state index in [1.54, 1.807) is 6.07 Å². The van der Waals surface area contributed by atoms with Crippen LogP contribution in [-0.2, 0) is 6.54 Å². The Kier molecular flexibility index (Phi) is 5.35. The monoisotopic (exact) mass is 225 g/mol. The van der Waals surface area contributed by atoms with Crippen LogP contribution in [0.1, 0.15) is 26.5 Å². The van der Waals surface area contributed by atoms with Gasteiger partial charge in [0.2, 0.25) is 0 Å². The lowest BCUT2D eigenvalue weighted by atomic mass is 10.2. The molecule has 3 nitrogen and oxygen atoms in total. The highest BCUT2D eigenvalue weighted by atomic mass is 19.1. The van der Waals surface area contributed by atoms with E-state index in [0.717, 1.165) is 12.2 Å². The third-order valence-corrected chi connectivity index (χ3v) is 2.25. The van der Waals surface area contributed by atoms with E-state index >= 15 is 0 Å². The van der Waals surface area contributed by atoms with Crippen molar-refractivity contribution in [3.05, 3.63) is 29.8 Å². The standard InChI is InChI=1S/C12H20FN3/c1-9(2)14-6-10(3)15-8-12-5-4-11(13)7-16-12/h4-5,7,9-10,14-15H,6,8H2,1-3H3. The topological polar surface area (TPSA) is 37.0 Å². The fraction of sp³-hybridized carbons (Fsp3) is 0.583. The zero-order valence-electron chi connectivity index (χ0n) is 10.1. The highest BCUT2D eigenvalue weighted by Gasteiger charge is 2.02. The Morgan fingerprint density at radius 1 is 1.25 bits per heavy atom. The number of halogens is 1. The third kappa shape index (κ3) is 5.19. The van der Waals surface area contributed by atoms with Crippen LogP contribution in [0.5, 0.6) is 0 Å². The molecule has 0 aliphatic heterocycles. The van der Waals surface area contributed by atoms with Crippen LogP contribution in [-0.4, -0.2) is 23.6 Å². The second-order valence-electron chi connectivity index (χ2n) is 4.31. The van der Waals surface area contributed by atoms with Gasteiger partial charge in [0, 0.05) is 25.2 Å². The Hall–Kier alpha value is -1.00. The van der Waals surface area contributed by atoms with Gasteiger partial charge in [0.1, 0.15) is 5.82 Å². The largest absolute Gasteiger partial charge is 0.313 e. The molecular weight excluding hydrogens is 205 g/mol. The van der Waals surface area contributed by atoms with Gasteiger partial charge in [0.05, 0.1) is 11.9 Å². The van der Waals surface area contributed by atoms with Crippen molar-refractivity contribution in [1.29, 1.82) is 0 Å². The molecule has 1 aromatic rings. The lowest BCUT2D eigenvalue weighted by Gasteiger charge is -2.16. The summed E-state index contributed by atoms with van der Waals surface area (Å²) >= 11 is 0. The molecule has 2 N–H and O–H groups in total. The van der Waals surface area contributed by atoms with Gasteiger partial charge in [0.25, 0.3) is 0 Å². The van der Waals surface area contributed by atoms with E-state index in [2.05, 4.69) is 36.4 Å². The average Bonchev–Trinajstić information content (AvgIpc) is 2.25. The lowest BCUT2D eigenvalue weighted by Crippen LogP contribution is -2.38. The summed E-state index contributed by atoms with van der Waals surface area (Å²) in [5, 5.41) is 6.67. The van der Waals surface area contributed by atoms with Gasteiger partial charge >= 0.3 is 0 Å². The average molecular weight is 225 g/mol. The number of rotatable bonds is 6. The fourth-order valence-electron chi connectivity index (χ4n) is 1.27. The molecule has 90 valence electrons. The molecule has 1 rings (SSSR count). The molecule has 0 aliphatic rings. The Morgan fingerprint density at radius 2 is 2.00 bits per heavy atom.